The van der Waals surface area contributed by atoms with E-state index in [1.807, 2.05) is 30.8 Å². The van der Waals surface area contributed by atoms with Gasteiger partial charge in [0.15, 0.2) is 0 Å². The predicted molar refractivity (Wildman–Crippen MR) is 45.5 cm³/mol. The largest absolute Gasteiger partial charge is 0.276 e. The highest BCUT2D eigenvalue weighted by Crippen LogP contribution is 2.15. The fourth-order valence-electron chi connectivity index (χ4n) is 1.26. The highest BCUT2D eigenvalue weighted by Gasteiger charge is 2.04. The van der Waals surface area contributed by atoms with Crippen LogP contribution in [0.3, 0.4) is 0 Å². The molecule has 0 fully saturated rings. The minimum atomic E-state index is 0.998. The van der Waals surface area contributed by atoms with E-state index in [2.05, 4.69) is 15.3 Å². The number of nitrogens with one attached hydrogen (secondary N) is 1. The van der Waals surface area contributed by atoms with Crippen molar-refractivity contribution >= 4 is 0 Å². The van der Waals surface area contributed by atoms with Crippen LogP contribution in [0.15, 0.2) is 18.3 Å². The molecule has 2 aromatic heterocycles. The Kier molecular flexibility index (Phi) is 1.46. The summed E-state index contributed by atoms with van der Waals surface area (Å²) in [6, 6.07) is 3.95. The molecule has 0 aromatic carbocycles. The number of aryl methyl sites for hydroxylation is 2. The van der Waals surface area contributed by atoms with Gasteiger partial charge >= 0.3 is 0 Å². The molecule has 2 heterocycles. The number of rotatable bonds is 1. The van der Waals surface area contributed by atoms with Crippen molar-refractivity contribution in [3.63, 3.8) is 0 Å². The highest BCUT2D eigenvalue weighted by atomic mass is 15.3. The lowest BCUT2D eigenvalue weighted by molar-refractivity contribution is 0.761. The number of nitrogens with zero attached hydrogens (tertiary/aromatic N) is 3. The number of hydrogen-bond acceptors (Lipinski definition) is 2. The quantitative estimate of drug-likeness (QED) is 0.683. The van der Waals surface area contributed by atoms with Crippen LogP contribution in [0.5, 0.6) is 0 Å². The SMILES string of the molecule is Cc1cc(-c2ccn[nH]2)n(C)n1. The van der Waals surface area contributed by atoms with E-state index in [0.717, 1.165) is 17.1 Å². The van der Waals surface area contributed by atoms with Gasteiger partial charge in [-0.05, 0) is 19.1 Å². The Bertz CT molecular complexity index is 372. The first-order valence-electron chi connectivity index (χ1n) is 3.78. The number of H-pyrrole nitrogens is 1. The van der Waals surface area contributed by atoms with E-state index >= 15 is 0 Å². The molecule has 4 nitrogen and oxygen atoms in total. The fraction of sp³-hybridized carbons (Fsp3) is 0.250. The Hall–Kier alpha value is -1.58. The van der Waals surface area contributed by atoms with Crippen LogP contribution in [-0.4, -0.2) is 20.0 Å². The fourth-order valence-corrected chi connectivity index (χ4v) is 1.26. The molecule has 0 saturated carbocycles. The van der Waals surface area contributed by atoms with Gasteiger partial charge in [0, 0.05) is 13.2 Å². The summed E-state index contributed by atoms with van der Waals surface area (Å²) in [5.41, 5.74) is 3.07. The van der Waals surface area contributed by atoms with Crippen LogP contribution in [0.2, 0.25) is 0 Å². The van der Waals surface area contributed by atoms with Crippen molar-refractivity contribution in [3.8, 4) is 11.4 Å². The Morgan fingerprint density at radius 2 is 2.33 bits per heavy atom. The highest BCUT2D eigenvalue weighted by molar-refractivity contribution is 5.53. The lowest BCUT2D eigenvalue weighted by Crippen LogP contribution is -1.93. The van der Waals surface area contributed by atoms with Gasteiger partial charge in [0.05, 0.1) is 17.1 Å². The standard InChI is InChI=1S/C8H10N4/c1-6-5-8(12(2)11-6)7-3-4-9-10-7/h3-5H,1-2H3,(H,9,10). The molecule has 2 aromatic rings. The van der Waals surface area contributed by atoms with Gasteiger partial charge in [-0.25, -0.2) is 0 Å². The first-order chi connectivity index (χ1) is 5.77. The van der Waals surface area contributed by atoms with Crippen LogP contribution < -0.4 is 0 Å². The second-order valence-electron chi connectivity index (χ2n) is 2.76. The molecule has 0 aliphatic rings. The first kappa shape index (κ1) is 7.09. The van der Waals surface area contributed by atoms with Crippen molar-refractivity contribution in [3.05, 3.63) is 24.0 Å². The molecule has 1 N–H and O–H groups in total. The summed E-state index contributed by atoms with van der Waals surface area (Å²) in [5.74, 6) is 0. The summed E-state index contributed by atoms with van der Waals surface area (Å²) in [4.78, 5) is 0. The lowest BCUT2D eigenvalue weighted by Gasteiger charge is -1.95. The second-order valence-corrected chi connectivity index (χ2v) is 2.76. The molecule has 0 aliphatic heterocycles. The lowest BCUT2D eigenvalue weighted by atomic mass is 10.3. The van der Waals surface area contributed by atoms with Gasteiger partial charge in [-0.1, -0.05) is 0 Å². The van der Waals surface area contributed by atoms with Crippen molar-refractivity contribution in [2.75, 3.05) is 0 Å². The topological polar surface area (TPSA) is 46.5 Å². The first-order valence-corrected chi connectivity index (χ1v) is 3.78. The molecular formula is C8H10N4. The summed E-state index contributed by atoms with van der Waals surface area (Å²) in [5, 5.41) is 11.0. The van der Waals surface area contributed by atoms with Crippen molar-refractivity contribution in [2.24, 2.45) is 7.05 Å². The zero-order valence-electron chi connectivity index (χ0n) is 7.07. The Morgan fingerprint density at radius 1 is 1.50 bits per heavy atom. The zero-order valence-corrected chi connectivity index (χ0v) is 7.07. The minimum Gasteiger partial charge on any atom is -0.276 e. The summed E-state index contributed by atoms with van der Waals surface area (Å²) >= 11 is 0. The van der Waals surface area contributed by atoms with Crippen LogP contribution in [0, 0.1) is 6.92 Å². The maximum absolute atomic E-state index is 4.24. The molecule has 0 saturated heterocycles. The third-order valence-electron chi connectivity index (χ3n) is 1.78. The summed E-state index contributed by atoms with van der Waals surface area (Å²) < 4.78 is 1.84. The van der Waals surface area contributed by atoms with Crippen LogP contribution in [-0.2, 0) is 7.05 Å². The summed E-state index contributed by atoms with van der Waals surface area (Å²) in [6.07, 6.45) is 1.73. The van der Waals surface area contributed by atoms with E-state index in [0.29, 0.717) is 0 Å². The molecular weight excluding hydrogens is 152 g/mol. The Balaban J connectivity index is 2.54. The van der Waals surface area contributed by atoms with E-state index < -0.39 is 0 Å². The minimum absolute atomic E-state index is 0.998. The van der Waals surface area contributed by atoms with E-state index in [1.54, 1.807) is 6.20 Å². The molecule has 4 heteroatoms. The molecule has 0 aliphatic carbocycles. The molecule has 2 rings (SSSR count). The Labute approximate surface area is 70.2 Å². The van der Waals surface area contributed by atoms with Gasteiger partial charge in [0.25, 0.3) is 0 Å². The number of aromatic amines is 1. The average Bonchev–Trinajstić information content (AvgIpc) is 2.58. The van der Waals surface area contributed by atoms with Gasteiger partial charge in [-0.2, -0.15) is 10.2 Å². The second kappa shape index (κ2) is 2.48. The smallest absolute Gasteiger partial charge is 0.0860 e. The van der Waals surface area contributed by atoms with Gasteiger partial charge < -0.3 is 0 Å². The van der Waals surface area contributed by atoms with Gasteiger partial charge in [-0.15, -0.1) is 0 Å². The predicted octanol–water partition coefficient (Wildman–Crippen LogP) is 1.12. The van der Waals surface area contributed by atoms with Crippen molar-refractivity contribution in [1.82, 2.24) is 20.0 Å². The molecule has 0 amide bonds. The van der Waals surface area contributed by atoms with Gasteiger partial charge in [-0.3, -0.25) is 9.78 Å². The van der Waals surface area contributed by atoms with E-state index in [9.17, 15) is 0 Å². The molecule has 0 spiro atoms. The van der Waals surface area contributed by atoms with Crippen LogP contribution >= 0.6 is 0 Å². The van der Waals surface area contributed by atoms with Crippen molar-refractivity contribution < 1.29 is 0 Å². The summed E-state index contributed by atoms with van der Waals surface area (Å²) in [6.45, 7) is 1.97. The third kappa shape index (κ3) is 1.01. The van der Waals surface area contributed by atoms with Gasteiger partial charge in [0.2, 0.25) is 0 Å². The van der Waals surface area contributed by atoms with E-state index in [-0.39, 0.29) is 0 Å². The third-order valence-corrected chi connectivity index (χ3v) is 1.78. The van der Waals surface area contributed by atoms with E-state index in [1.165, 1.54) is 0 Å². The van der Waals surface area contributed by atoms with Crippen molar-refractivity contribution in [2.45, 2.75) is 6.92 Å². The monoisotopic (exact) mass is 162 g/mol. The maximum atomic E-state index is 4.24. The van der Waals surface area contributed by atoms with Crippen LogP contribution in [0.1, 0.15) is 5.69 Å². The molecule has 12 heavy (non-hydrogen) atoms. The molecule has 0 unspecified atom stereocenters. The van der Waals surface area contributed by atoms with Crippen LogP contribution in [0.4, 0.5) is 0 Å². The zero-order chi connectivity index (χ0) is 8.55. The molecule has 0 atom stereocenters. The van der Waals surface area contributed by atoms with Gasteiger partial charge in [0.1, 0.15) is 0 Å². The summed E-state index contributed by atoms with van der Waals surface area (Å²) in [7, 11) is 1.92. The average molecular weight is 162 g/mol. The van der Waals surface area contributed by atoms with Crippen molar-refractivity contribution in [1.29, 1.82) is 0 Å². The number of aromatic nitrogens is 4. The molecule has 62 valence electrons. The maximum Gasteiger partial charge on any atom is 0.0860 e. The Morgan fingerprint density at radius 3 is 2.83 bits per heavy atom. The molecule has 0 bridgehead atoms. The normalized spacial score (nSPS) is 10.5. The van der Waals surface area contributed by atoms with Crippen LogP contribution in [0.25, 0.3) is 11.4 Å². The van der Waals surface area contributed by atoms with E-state index in [4.69, 9.17) is 0 Å². The molecule has 0 radical (unpaired) electrons. The number of hydrogen-bond donors (Lipinski definition) is 1.